The normalized spacial score (nSPS) is 13.1. The highest BCUT2D eigenvalue weighted by atomic mass is 16.3. The minimum atomic E-state index is -0.495. The molecule has 0 radical (unpaired) electrons. The Morgan fingerprint density at radius 1 is 1.50 bits per heavy atom. The molecule has 0 bridgehead atoms. The zero-order chi connectivity index (χ0) is 10.6. The summed E-state index contributed by atoms with van der Waals surface area (Å²) in [5, 5.41) is 13.8. The molecule has 0 fully saturated rings. The molecule has 4 heteroatoms. The molecule has 3 N–H and O–H groups in total. The average Bonchev–Trinajstić information content (AvgIpc) is 2.60. The molecule has 1 atom stereocenters. The van der Waals surface area contributed by atoms with Crippen molar-refractivity contribution in [1.29, 1.82) is 0 Å². The van der Waals surface area contributed by atoms with Crippen molar-refractivity contribution in [2.75, 3.05) is 6.54 Å². The molecular weight excluding hydrogens is 178 g/mol. The van der Waals surface area contributed by atoms with E-state index in [0.29, 0.717) is 6.54 Å². The van der Waals surface area contributed by atoms with Gasteiger partial charge in [0.05, 0.1) is 18.3 Å². The van der Waals surface area contributed by atoms with Crippen LogP contribution in [0.15, 0.2) is 6.07 Å². The highest BCUT2D eigenvalue weighted by Gasteiger charge is 2.08. The predicted octanol–water partition coefficient (Wildman–Crippen LogP) is 0.327. The SMILES string of the molecule is CCc1cc(CC)n(CC(O)CN)n1. The van der Waals surface area contributed by atoms with Crippen molar-refractivity contribution in [2.45, 2.75) is 39.3 Å². The Labute approximate surface area is 84.7 Å². The van der Waals surface area contributed by atoms with Crippen molar-refractivity contribution in [3.8, 4) is 0 Å². The molecule has 0 aromatic carbocycles. The van der Waals surface area contributed by atoms with E-state index in [2.05, 4.69) is 25.0 Å². The van der Waals surface area contributed by atoms with Gasteiger partial charge in [0, 0.05) is 12.2 Å². The number of aliphatic hydroxyl groups is 1. The second kappa shape index (κ2) is 5.12. The van der Waals surface area contributed by atoms with Crippen LogP contribution in [0.3, 0.4) is 0 Å². The van der Waals surface area contributed by atoms with Crippen molar-refractivity contribution in [2.24, 2.45) is 5.73 Å². The van der Waals surface area contributed by atoms with E-state index in [9.17, 15) is 5.11 Å². The smallest absolute Gasteiger partial charge is 0.0858 e. The maximum Gasteiger partial charge on any atom is 0.0858 e. The van der Waals surface area contributed by atoms with Crippen LogP contribution in [0.5, 0.6) is 0 Å². The molecule has 80 valence electrons. The first kappa shape index (κ1) is 11.2. The van der Waals surface area contributed by atoms with Crippen LogP contribution in [0.2, 0.25) is 0 Å². The van der Waals surface area contributed by atoms with Crippen molar-refractivity contribution < 1.29 is 5.11 Å². The summed E-state index contributed by atoms with van der Waals surface area (Å²) in [6.07, 6.45) is 1.37. The fraction of sp³-hybridized carbons (Fsp3) is 0.700. The number of hydrogen-bond acceptors (Lipinski definition) is 3. The fourth-order valence-electron chi connectivity index (χ4n) is 1.40. The highest BCUT2D eigenvalue weighted by molar-refractivity contribution is 5.10. The van der Waals surface area contributed by atoms with E-state index in [1.165, 1.54) is 0 Å². The topological polar surface area (TPSA) is 64.1 Å². The van der Waals surface area contributed by atoms with Gasteiger partial charge >= 0.3 is 0 Å². The van der Waals surface area contributed by atoms with Gasteiger partial charge in [-0.1, -0.05) is 13.8 Å². The van der Waals surface area contributed by atoms with E-state index < -0.39 is 6.10 Å². The third-order valence-electron chi connectivity index (χ3n) is 2.29. The number of nitrogens with two attached hydrogens (primary N) is 1. The minimum Gasteiger partial charge on any atom is -0.390 e. The molecule has 0 saturated carbocycles. The Hall–Kier alpha value is -0.870. The summed E-state index contributed by atoms with van der Waals surface area (Å²) in [7, 11) is 0. The van der Waals surface area contributed by atoms with E-state index in [4.69, 9.17) is 5.73 Å². The lowest BCUT2D eigenvalue weighted by atomic mass is 10.2. The van der Waals surface area contributed by atoms with Gasteiger partial charge in [-0.05, 0) is 18.9 Å². The molecule has 4 nitrogen and oxygen atoms in total. The van der Waals surface area contributed by atoms with Gasteiger partial charge in [-0.25, -0.2) is 0 Å². The van der Waals surface area contributed by atoms with Gasteiger partial charge in [0.25, 0.3) is 0 Å². The van der Waals surface area contributed by atoms with Crippen LogP contribution in [0.4, 0.5) is 0 Å². The van der Waals surface area contributed by atoms with E-state index in [-0.39, 0.29) is 6.54 Å². The Kier molecular flexibility index (Phi) is 4.10. The van der Waals surface area contributed by atoms with Gasteiger partial charge in [0.1, 0.15) is 0 Å². The van der Waals surface area contributed by atoms with Crippen molar-refractivity contribution in [1.82, 2.24) is 9.78 Å². The van der Waals surface area contributed by atoms with Gasteiger partial charge in [-0.3, -0.25) is 4.68 Å². The summed E-state index contributed by atoms with van der Waals surface area (Å²) in [6.45, 7) is 4.94. The molecule has 0 aliphatic heterocycles. The maximum atomic E-state index is 9.43. The number of aromatic nitrogens is 2. The van der Waals surface area contributed by atoms with Gasteiger partial charge in [0.15, 0.2) is 0 Å². The standard InChI is InChI=1S/C10H19N3O/c1-3-8-5-9(4-2)13(12-8)7-10(14)6-11/h5,10,14H,3-4,6-7,11H2,1-2H3. The summed E-state index contributed by atoms with van der Waals surface area (Å²) in [4.78, 5) is 0. The lowest BCUT2D eigenvalue weighted by molar-refractivity contribution is 0.156. The first-order chi connectivity index (χ1) is 6.71. The number of aryl methyl sites for hydroxylation is 2. The average molecular weight is 197 g/mol. The first-order valence-corrected chi connectivity index (χ1v) is 5.15. The Balaban J connectivity index is 2.78. The molecule has 1 aromatic heterocycles. The zero-order valence-electron chi connectivity index (χ0n) is 8.90. The van der Waals surface area contributed by atoms with Gasteiger partial charge in [-0.15, -0.1) is 0 Å². The van der Waals surface area contributed by atoms with Gasteiger partial charge < -0.3 is 10.8 Å². The van der Waals surface area contributed by atoms with E-state index in [1.54, 1.807) is 0 Å². The third-order valence-corrected chi connectivity index (χ3v) is 2.29. The van der Waals surface area contributed by atoms with Crippen molar-refractivity contribution in [3.63, 3.8) is 0 Å². The maximum absolute atomic E-state index is 9.43. The van der Waals surface area contributed by atoms with Crippen LogP contribution in [0.1, 0.15) is 25.2 Å². The first-order valence-electron chi connectivity index (χ1n) is 5.15. The molecular formula is C10H19N3O. The van der Waals surface area contributed by atoms with Crippen LogP contribution >= 0.6 is 0 Å². The molecule has 0 spiro atoms. The van der Waals surface area contributed by atoms with E-state index in [1.807, 2.05) is 4.68 Å². The summed E-state index contributed by atoms with van der Waals surface area (Å²) in [5.41, 5.74) is 7.60. The quantitative estimate of drug-likeness (QED) is 0.715. The summed E-state index contributed by atoms with van der Waals surface area (Å²) in [5.74, 6) is 0. The van der Waals surface area contributed by atoms with Crippen LogP contribution < -0.4 is 5.73 Å². The molecule has 1 heterocycles. The lowest BCUT2D eigenvalue weighted by Gasteiger charge is -2.09. The lowest BCUT2D eigenvalue weighted by Crippen LogP contribution is -2.26. The molecule has 1 rings (SSSR count). The van der Waals surface area contributed by atoms with Gasteiger partial charge in [0.2, 0.25) is 0 Å². The van der Waals surface area contributed by atoms with Crippen molar-refractivity contribution in [3.05, 3.63) is 17.5 Å². The number of rotatable bonds is 5. The molecule has 0 amide bonds. The highest BCUT2D eigenvalue weighted by Crippen LogP contribution is 2.06. The minimum absolute atomic E-state index is 0.282. The Morgan fingerprint density at radius 2 is 2.21 bits per heavy atom. The molecule has 0 aliphatic rings. The van der Waals surface area contributed by atoms with E-state index >= 15 is 0 Å². The molecule has 0 aliphatic carbocycles. The number of hydrogen-bond donors (Lipinski definition) is 2. The number of nitrogens with zero attached hydrogens (tertiary/aromatic N) is 2. The van der Waals surface area contributed by atoms with Crippen LogP contribution in [-0.2, 0) is 19.4 Å². The summed E-state index contributed by atoms with van der Waals surface area (Å²) >= 11 is 0. The summed E-state index contributed by atoms with van der Waals surface area (Å²) < 4.78 is 1.86. The van der Waals surface area contributed by atoms with Crippen LogP contribution in [0.25, 0.3) is 0 Å². The fourth-order valence-corrected chi connectivity index (χ4v) is 1.40. The Morgan fingerprint density at radius 3 is 2.71 bits per heavy atom. The monoisotopic (exact) mass is 197 g/mol. The second-order valence-electron chi connectivity index (χ2n) is 3.41. The van der Waals surface area contributed by atoms with Crippen molar-refractivity contribution >= 4 is 0 Å². The largest absolute Gasteiger partial charge is 0.390 e. The Bertz CT molecular complexity index is 283. The molecule has 1 unspecified atom stereocenters. The zero-order valence-corrected chi connectivity index (χ0v) is 8.90. The van der Waals surface area contributed by atoms with E-state index in [0.717, 1.165) is 24.2 Å². The second-order valence-corrected chi connectivity index (χ2v) is 3.41. The predicted molar refractivity (Wildman–Crippen MR) is 56.0 cm³/mol. The summed E-state index contributed by atoms with van der Waals surface area (Å²) in [6, 6.07) is 2.09. The molecule has 14 heavy (non-hydrogen) atoms. The van der Waals surface area contributed by atoms with Crippen LogP contribution in [0, 0.1) is 0 Å². The van der Waals surface area contributed by atoms with Crippen LogP contribution in [-0.4, -0.2) is 27.5 Å². The number of aliphatic hydroxyl groups excluding tert-OH is 1. The molecule has 1 aromatic rings. The molecule has 0 saturated heterocycles. The third kappa shape index (κ3) is 2.56. The van der Waals surface area contributed by atoms with Gasteiger partial charge in [-0.2, -0.15) is 5.10 Å².